The Morgan fingerprint density at radius 2 is 2.00 bits per heavy atom. The standard InChI is InChI=1S/C7H14O4Si/c1-5(2)7(9)11-12-4-10-6(3)8/h5H,4,12H2,1-3H3. The summed E-state index contributed by atoms with van der Waals surface area (Å²) >= 11 is 0. The summed E-state index contributed by atoms with van der Waals surface area (Å²) in [7, 11) is -1.01. The summed E-state index contributed by atoms with van der Waals surface area (Å²) < 4.78 is 9.49. The molecule has 0 saturated heterocycles. The van der Waals surface area contributed by atoms with Crippen LogP contribution in [0.4, 0.5) is 0 Å². The Kier molecular flexibility index (Phi) is 5.36. The molecule has 0 amide bonds. The molecule has 0 saturated carbocycles. The van der Waals surface area contributed by atoms with Gasteiger partial charge in [0.25, 0.3) is 15.7 Å². The van der Waals surface area contributed by atoms with E-state index in [0.29, 0.717) is 0 Å². The number of esters is 1. The molecule has 70 valence electrons. The summed E-state index contributed by atoms with van der Waals surface area (Å²) in [6, 6.07) is 0. The highest BCUT2D eigenvalue weighted by Crippen LogP contribution is 1.94. The van der Waals surface area contributed by atoms with E-state index in [4.69, 9.17) is 4.43 Å². The third-order valence-electron chi connectivity index (χ3n) is 1.10. The predicted molar refractivity (Wildman–Crippen MR) is 46.1 cm³/mol. The number of ether oxygens (including phenoxy) is 1. The average Bonchev–Trinajstić information content (AvgIpc) is 1.97. The number of carbonyl (C=O) groups is 2. The van der Waals surface area contributed by atoms with E-state index in [1.54, 1.807) is 13.8 Å². The molecule has 0 aromatic heterocycles. The molecule has 12 heavy (non-hydrogen) atoms. The largest absolute Gasteiger partial charge is 0.521 e. The lowest BCUT2D eigenvalue weighted by Crippen LogP contribution is -2.18. The molecule has 0 aromatic carbocycles. The van der Waals surface area contributed by atoms with Crippen molar-refractivity contribution in [3.63, 3.8) is 0 Å². The molecule has 0 spiro atoms. The molecule has 0 fully saturated rings. The minimum atomic E-state index is -1.01. The van der Waals surface area contributed by atoms with Crippen molar-refractivity contribution in [2.75, 3.05) is 6.23 Å². The van der Waals surface area contributed by atoms with Crippen molar-refractivity contribution in [2.45, 2.75) is 20.8 Å². The first-order chi connectivity index (χ1) is 5.54. The van der Waals surface area contributed by atoms with Crippen LogP contribution in [0.25, 0.3) is 0 Å². The minimum absolute atomic E-state index is 0.102. The summed E-state index contributed by atoms with van der Waals surface area (Å²) in [4.78, 5) is 21.1. The van der Waals surface area contributed by atoms with E-state index in [1.807, 2.05) is 0 Å². The normalized spacial score (nSPS) is 10.7. The van der Waals surface area contributed by atoms with Crippen molar-refractivity contribution in [1.82, 2.24) is 0 Å². The first-order valence-corrected chi connectivity index (χ1v) is 5.41. The molecule has 0 aromatic rings. The molecule has 0 bridgehead atoms. The molecule has 0 rings (SSSR count). The van der Waals surface area contributed by atoms with Crippen LogP contribution in [0.3, 0.4) is 0 Å². The van der Waals surface area contributed by atoms with Gasteiger partial charge in [-0.1, -0.05) is 13.8 Å². The van der Waals surface area contributed by atoms with Crippen LogP contribution in [0.5, 0.6) is 0 Å². The van der Waals surface area contributed by atoms with Crippen molar-refractivity contribution >= 4 is 21.7 Å². The van der Waals surface area contributed by atoms with Gasteiger partial charge in [-0.3, -0.25) is 9.59 Å². The number of rotatable bonds is 4. The Bertz CT molecular complexity index is 167. The maximum absolute atomic E-state index is 10.9. The minimum Gasteiger partial charge on any atom is -0.521 e. The fourth-order valence-corrected chi connectivity index (χ4v) is 1.48. The van der Waals surface area contributed by atoms with Gasteiger partial charge in [0, 0.05) is 12.8 Å². The van der Waals surface area contributed by atoms with Crippen LogP contribution in [0.2, 0.25) is 0 Å². The number of hydrogen-bond donors (Lipinski definition) is 0. The maximum atomic E-state index is 10.9. The van der Waals surface area contributed by atoms with E-state index < -0.39 is 9.76 Å². The second kappa shape index (κ2) is 5.76. The fraction of sp³-hybridized carbons (Fsp3) is 0.714. The SMILES string of the molecule is CC(=O)OC[SiH2]OC(=O)C(C)C. The lowest BCUT2D eigenvalue weighted by atomic mass is 10.2. The predicted octanol–water partition coefficient (Wildman–Crippen LogP) is -0.210. The van der Waals surface area contributed by atoms with Gasteiger partial charge >= 0.3 is 5.97 Å². The van der Waals surface area contributed by atoms with Crippen LogP contribution >= 0.6 is 0 Å². The summed E-state index contributed by atoms with van der Waals surface area (Å²) in [6.45, 7) is 4.86. The van der Waals surface area contributed by atoms with Crippen LogP contribution in [0.1, 0.15) is 20.8 Å². The molecule has 0 aliphatic carbocycles. The van der Waals surface area contributed by atoms with Gasteiger partial charge in [0.15, 0.2) is 0 Å². The Labute approximate surface area is 74.2 Å². The first-order valence-electron chi connectivity index (χ1n) is 3.84. The van der Waals surface area contributed by atoms with Crippen LogP contribution in [-0.4, -0.2) is 27.9 Å². The quantitative estimate of drug-likeness (QED) is 0.350. The van der Waals surface area contributed by atoms with Gasteiger partial charge in [0.05, 0.1) is 0 Å². The van der Waals surface area contributed by atoms with Crippen molar-refractivity contribution in [2.24, 2.45) is 5.92 Å². The van der Waals surface area contributed by atoms with Gasteiger partial charge in [-0.15, -0.1) is 0 Å². The third-order valence-corrected chi connectivity index (χ3v) is 1.96. The summed E-state index contributed by atoms with van der Waals surface area (Å²) in [5.41, 5.74) is 0. The molecule has 0 radical (unpaired) electrons. The maximum Gasteiger partial charge on any atom is 0.302 e. The van der Waals surface area contributed by atoms with Gasteiger partial charge in [-0.05, 0) is 0 Å². The average molecular weight is 190 g/mol. The second-order valence-corrected chi connectivity index (χ2v) is 3.77. The van der Waals surface area contributed by atoms with Gasteiger partial charge < -0.3 is 9.16 Å². The first kappa shape index (κ1) is 11.2. The number of hydrogen-bond acceptors (Lipinski definition) is 4. The molecule has 0 aliphatic heterocycles. The van der Waals surface area contributed by atoms with E-state index >= 15 is 0 Å². The Hall–Kier alpha value is -0.843. The van der Waals surface area contributed by atoms with E-state index in [2.05, 4.69) is 4.74 Å². The van der Waals surface area contributed by atoms with E-state index in [1.165, 1.54) is 6.92 Å². The van der Waals surface area contributed by atoms with Crippen molar-refractivity contribution in [1.29, 1.82) is 0 Å². The number of carbonyl (C=O) groups excluding carboxylic acids is 2. The van der Waals surface area contributed by atoms with Crippen molar-refractivity contribution < 1.29 is 18.8 Å². The van der Waals surface area contributed by atoms with Crippen LogP contribution in [0.15, 0.2) is 0 Å². The molecule has 0 unspecified atom stereocenters. The molecule has 0 N–H and O–H groups in total. The van der Waals surface area contributed by atoms with Gasteiger partial charge in [0.2, 0.25) is 0 Å². The van der Waals surface area contributed by atoms with Crippen molar-refractivity contribution in [3.05, 3.63) is 0 Å². The summed E-state index contributed by atoms with van der Waals surface area (Å²) in [5.74, 6) is -0.647. The molecule has 4 nitrogen and oxygen atoms in total. The topological polar surface area (TPSA) is 52.6 Å². The highest BCUT2D eigenvalue weighted by Gasteiger charge is 2.07. The lowest BCUT2D eigenvalue weighted by molar-refractivity contribution is -0.141. The molecule has 0 atom stereocenters. The zero-order valence-electron chi connectivity index (χ0n) is 7.62. The monoisotopic (exact) mass is 190 g/mol. The summed E-state index contributed by atoms with van der Waals surface area (Å²) in [5, 5.41) is 0. The van der Waals surface area contributed by atoms with Gasteiger partial charge in [-0.25, -0.2) is 0 Å². The van der Waals surface area contributed by atoms with Crippen LogP contribution in [0, 0.1) is 5.92 Å². The van der Waals surface area contributed by atoms with E-state index in [9.17, 15) is 9.59 Å². The molecule has 0 heterocycles. The summed E-state index contributed by atoms with van der Waals surface area (Å²) in [6.07, 6.45) is 0.272. The third kappa shape index (κ3) is 5.91. The van der Waals surface area contributed by atoms with Crippen molar-refractivity contribution in [3.8, 4) is 0 Å². The highest BCUT2D eigenvalue weighted by molar-refractivity contribution is 6.30. The van der Waals surface area contributed by atoms with Gasteiger partial charge in [0.1, 0.15) is 6.23 Å². The second-order valence-electron chi connectivity index (χ2n) is 2.66. The Morgan fingerprint density at radius 1 is 1.42 bits per heavy atom. The van der Waals surface area contributed by atoms with Crippen LogP contribution < -0.4 is 0 Å². The zero-order chi connectivity index (χ0) is 9.56. The van der Waals surface area contributed by atoms with Crippen LogP contribution in [-0.2, 0) is 18.8 Å². The smallest absolute Gasteiger partial charge is 0.302 e. The highest BCUT2D eigenvalue weighted by atomic mass is 28.2. The Morgan fingerprint density at radius 3 is 2.42 bits per heavy atom. The van der Waals surface area contributed by atoms with Gasteiger partial charge in [-0.2, -0.15) is 0 Å². The van der Waals surface area contributed by atoms with E-state index in [-0.39, 0.29) is 24.1 Å². The Balaban J connectivity index is 3.32. The molecular weight excluding hydrogens is 176 g/mol. The molecular formula is C7H14O4Si. The van der Waals surface area contributed by atoms with E-state index in [0.717, 1.165) is 0 Å². The fourth-order valence-electron chi connectivity index (χ4n) is 0.494. The lowest BCUT2D eigenvalue weighted by Gasteiger charge is -2.06. The zero-order valence-corrected chi connectivity index (χ0v) is 9.04. The molecule has 5 heteroatoms. The molecule has 0 aliphatic rings.